The van der Waals surface area contributed by atoms with Crippen molar-refractivity contribution in [3.63, 3.8) is 0 Å². The largest absolute Gasteiger partial charge is 0.378 e. The minimum atomic E-state index is -0.0513. The van der Waals surface area contributed by atoms with Gasteiger partial charge >= 0.3 is 0 Å². The van der Waals surface area contributed by atoms with Crippen molar-refractivity contribution in [3.8, 4) is 11.3 Å². The minimum absolute atomic E-state index is 0.0513. The second-order valence-corrected chi connectivity index (χ2v) is 7.56. The molecule has 0 bridgehead atoms. The van der Waals surface area contributed by atoms with Crippen molar-refractivity contribution >= 4 is 29.3 Å². The average Bonchev–Trinajstić information content (AvgIpc) is 3.26. The van der Waals surface area contributed by atoms with E-state index >= 15 is 0 Å². The van der Waals surface area contributed by atoms with Crippen LogP contribution in [0.2, 0.25) is 5.02 Å². The predicted molar refractivity (Wildman–Crippen MR) is 113 cm³/mol. The number of pyridine rings is 1. The minimum Gasteiger partial charge on any atom is -0.378 e. The number of aromatic nitrogens is 5. The molecule has 0 saturated carbocycles. The second kappa shape index (κ2) is 8.76. The number of nitrogens with one attached hydrogen (secondary N) is 1. The molecule has 156 valence electrons. The van der Waals surface area contributed by atoms with Crippen molar-refractivity contribution in [2.24, 2.45) is 0 Å². The van der Waals surface area contributed by atoms with Crippen molar-refractivity contribution in [3.05, 3.63) is 47.5 Å². The number of carbonyl (C=O) groups is 1. The van der Waals surface area contributed by atoms with Crippen LogP contribution in [0.1, 0.15) is 30.2 Å². The van der Waals surface area contributed by atoms with Gasteiger partial charge in [-0.2, -0.15) is 5.10 Å². The molecule has 30 heavy (non-hydrogen) atoms. The number of halogens is 1. The fourth-order valence-electron chi connectivity index (χ4n) is 3.03. The van der Waals surface area contributed by atoms with E-state index in [0.717, 1.165) is 5.56 Å². The van der Waals surface area contributed by atoms with Gasteiger partial charge in [-0.1, -0.05) is 11.6 Å². The van der Waals surface area contributed by atoms with Gasteiger partial charge in [0.2, 0.25) is 5.95 Å². The first-order chi connectivity index (χ1) is 14.5. The summed E-state index contributed by atoms with van der Waals surface area (Å²) in [5.41, 5.74) is 1.92. The molecule has 3 aromatic heterocycles. The van der Waals surface area contributed by atoms with Gasteiger partial charge in [-0.15, -0.1) is 0 Å². The highest BCUT2D eigenvalue weighted by atomic mass is 35.5. The summed E-state index contributed by atoms with van der Waals surface area (Å²) < 4.78 is 7.13. The molecule has 3 aromatic rings. The van der Waals surface area contributed by atoms with Gasteiger partial charge in [0.15, 0.2) is 0 Å². The van der Waals surface area contributed by atoms with Crippen LogP contribution in [-0.4, -0.2) is 61.8 Å². The van der Waals surface area contributed by atoms with Crippen molar-refractivity contribution < 1.29 is 9.53 Å². The molecule has 1 aliphatic heterocycles. The Bertz CT molecular complexity index is 1030. The van der Waals surface area contributed by atoms with Gasteiger partial charge in [-0.3, -0.25) is 9.48 Å². The van der Waals surface area contributed by atoms with Gasteiger partial charge in [-0.05, 0) is 26.0 Å². The monoisotopic (exact) mass is 427 g/mol. The molecule has 1 N–H and O–H groups in total. The van der Waals surface area contributed by atoms with Gasteiger partial charge in [-0.25, -0.2) is 15.0 Å². The number of hydrogen-bond acceptors (Lipinski definition) is 7. The van der Waals surface area contributed by atoms with E-state index in [9.17, 15) is 4.79 Å². The summed E-state index contributed by atoms with van der Waals surface area (Å²) in [5.74, 6) is 0.829. The highest BCUT2D eigenvalue weighted by Gasteiger charge is 2.19. The third-order valence-electron chi connectivity index (χ3n) is 4.70. The van der Waals surface area contributed by atoms with Crippen molar-refractivity contribution in [1.82, 2.24) is 29.6 Å². The quantitative estimate of drug-likeness (QED) is 0.667. The van der Waals surface area contributed by atoms with Crippen LogP contribution in [0, 0.1) is 0 Å². The van der Waals surface area contributed by atoms with Crippen LogP contribution in [0.5, 0.6) is 0 Å². The van der Waals surface area contributed by atoms with E-state index in [0.29, 0.717) is 54.3 Å². The fourth-order valence-corrected chi connectivity index (χ4v) is 3.23. The molecule has 0 radical (unpaired) electrons. The number of rotatable bonds is 5. The summed E-state index contributed by atoms with van der Waals surface area (Å²) in [4.78, 5) is 27.3. The van der Waals surface area contributed by atoms with E-state index < -0.39 is 0 Å². The number of ether oxygens (including phenoxy) is 1. The normalized spacial score (nSPS) is 14.2. The molecule has 0 aliphatic carbocycles. The first-order valence-electron chi connectivity index (χ1n) is 9.68. The topological polar surface area (TPSA) is 98.1 Å². The summed E-state index contributed by atoms with van der Waals surface area (Å²) in [6.07, 6.45) is 6.70. The van der Waals surface area contributed by atoms with E-state index in [1.54, 1.807) is 29.4 Å². The van der Waals surface area contributed by atoms with E-state index in [1.807, 2.05) is 24.7 Å². The molecule has 0 aromatic carbocycles. The molecule has 4 rings (SSSR count). The third kappa shape index (κ3) is 4.42. The number of anilines is 2. The summed E-state index contributed by atoms with van der Waals surface area (Å²) >= 11 is 6.30. The SMILES string of the molecule is CC(C)n1cc(-c2nc(Nc3ccc(C(=O)N4CCOCC4)cn3)ncc2Cl)cn1. The maximum atomic E-state index is 12.5. The zero-order valence-corrected chi connectivity index (χ0v) is 17.5. The van der Waals surface area contributed by atoms with Crippen molar-refractivity contribution in [2.75, 3.05) is 31.6 Å². The van der Waals surface area contributed by atoms with Crippen LogP contribution in [0.25, 0.3) is 11.3 Å². The molecular formula is C20H22ClN7O2. The third-order valence-corrected chi connectivity index (χ3v) is 4.97. The molecule has 10 heteroatoms. The lowest BCUT2D eigenvalue weighted by Gasteiger charge is -2.26. The number of hydrogen-bond donors (Lipinski definition) is 1. The van der Waals surface area contributed by atoms with Crippen molar-refractivity contribution in [2.45, 2.75) is 19.9 Å². The first-order valence-corrected chi connectivity index (χ1v) is 10.1. The lowest BCUT2D eigenvalue weighted by Crippen LogP contribution is -2.40. The predicted octanol–water partition coefficient (Wildman–Crippen LogP) is 3.19. The lowest BCUT2D eigenvalue weighted by atomic mass is 10.2. The molecule has 9 nitrogen and oxygen atoms in total. The number of carbonyl (C=O) groups excluding carboxylic acids is 1. The summed E-state index contributed by atoms with van der Waals surface area (Å²) in [7, 11) is 0. The Hall–Kier alpha value is -3.04. The Labute approximate surface area is 179 Å². The maximum Gasteiger partial charge on any atom is 0.255 e. The lowest BCUT2D eigenvalue weighted by molar-refractivity contribution is 0.0302. The summed E-state index contributed by atoms with van der Waals surface area (Å²) in [5, 5.41) is 7.82. The van der Waals surface area contributed by atoms with Crippen molar-refractivity contribution in [1.29, 1.82) is 0 Å². The van der Waals surface area contributed by atoms with E-state index in [2.05, 4.69) is 25.4 Å². The van der Waals surface area contributed by atoms with Gasteiger partial charge in [0, 0.05) is 37.1 Å². The van der Waals surface area contributed by atoms with E-state index in [-0.39, 0.29) is 11.9 Å². The average molecular weight is 428 g/mol. The highest BCUT2D eigenvalue weighted by molar-refractivity contribution is 6.32. The van der Waals surface area contributed by atoms with E-state index in [4.69, 9.17) is 16.3 Å². The van der Waals surface area contributed by atoms with Gasteiger partial charge in [0.25, 0.3) is 5.91 Å². The summed E-state index contributed by atoms with van der Waals surface area (Å²) in [6.45, 7) is 6.40. The molecule has 0 spiro atoms. The molecular weight excluding hydrogens is 406 g/mol. The second-order valence-electron chi connectivity index (χ2n) is 7.15. The Balaban J connectivity index is 1.49. The number of amides is 1. The molecule has 1 aliphatic rings. The number of nitrogens with zero attached hydrogens (tertiary/aromatic N) is 6. The van der Waals surface area contributed by atoms with Crippen LogP contribution in [-0.2, 0) is 4.74 Å². The Morgan fingerprint density at radius 1 is 1.17 bits per heavy atom. The zero-order chi connectivity index (χ0) is 21.1. The molecule has 1 saturated heterocycles. The standard InChI is InChI=1S/C20H22ClN7O2/c1-13(2)28-12-15(10-24-28)18-16(21)11-23-20(26-18)25-17-4-3-14(9-22-17)19(29)27-5-7-30-8-6-27/h3-4,9-13H,5-8H2,1-2H3,(H,22,23,25,26). The summed E-state index contributed by atoms with van der Waals surface area (Å²) in [6, 6.07) is 3.69. The maximum absolute atomic E-state index is 12.5. The molecule has 1 fully saturated rings. The number of morpholine rings is 1. The van der Waals surface area contributed by atoms with E-state index in [1.165, 1.54) is 6.20 Å². The first kappa shape index (κ1) is 20.2. The van der Waals surface area contributed by atoms with Crippen LogP contribution in [0.3, 0.4) is 0 Å². The molecule has 4 heterocycles. The Kier molecular flexibility index (Phi) is 5.91. The fraction of sp³-hybridized carbons (Fsp3) is 0.350. The van der Waals surface area contributed by atoms with Crippen LogP contribution in [0.15, 0.2) is 36.9 Å². The molecule has 1 amide bonds. The van der Waals surface area contributed by atoms with Crippen LogP contribution in [0.4, 0.5) is 11.8 Å². The van der Waals surface area contributed by atoms with Gasteiger partial charge in [0.1, 0.15) is 5.82 Å². The van der Waals surface area contributed by atoms with Crippen LogP contribution >= 0.6 is 11.6 Å². The Morgan fingerprint density at radius 3 is 2.63 bits per heavy atom. The highest BCUT2D eigenvalue weighted by Crippen LogP contribution is 2.27. The Morgan fingerprint density at radius 2 is 1.97 bits per heavy atom. The smallest absolute Gasteiger partial charge is 0.255 e. The molecule has 0 atom stereocenters. The zero-order valence-electron chi connectivity index (χ0n) is 16.7. The van der Waals surface area contributed by atoms with Gasteiger partial charge < -0.3 is 15.0 Å². The molecule has 0 unspecified atom stereocenters. The van der Waals surface area contributed by atoms with Gasteiger partial charge in [0.05, 0.1) is 41.9 Å². The van der Waals surface area contributed by atoms with Crippen LogP contribution < -0.4 is 5.32 Å².